The standard InChI is InChI=1S/C13H19NO3/c1-16-13(15)12-10-14(7-8-17-12)9-11-5-3-2-4-6-11/h3,5-6,12H,2,4,7-10H2,1H3. The Morgan fingerprint density at radius 1 is 1.59 bits per heavy atom. The third-order valence-electron chi connectivity index (χ3n) is 3.09. The second-order valence-corrected chi connectivity index (χ2v) is 4.38. The van der Waals surface area contributed by atoms with E-state index in [-0.39, 0.29) is 5.97 Å². The van der Waals surface area contributed by atoms with Crippen LogP contribution in [-0.4, -0.2) is 50.3 Å². The molecule has 1 unspecified atom stereocenters. The average Bonchev–Trinajstić information content (AvgIpc) is 2.39. The molecule has 0 bridgehead atoms. The molecule has 1 fully saturated rings. The number of carbonyl (C=O) groups excluding carboxylic acids is 1. The SMILES string of the molecule is COC(=O)C1CN(CC2=CCCC=C2)CCO1. The zero-order chi connectivity index (χ0) is 12.1. The fourth-order valence-corrected chi connectivity index (χ4v) is 2.16. The molecule has 0 radical (unpaired) electrons. The summed E-state index contributed by atoms with van der Waals surface area (Å²) in [5.41, 5.74) is 1.33. The van der Waals surface area contributed by atoms with E-state index in [1.165, 1.54) is 12.7 Å². The Hall–Kier alpha value is -1.13. The summed E-state index contributed by atoms with van der Waals surface area (Å²) in [7, 11) is 1.40. The highest BCUT2D eigenvalue weighted by Crippen LogP contribution is 2.14. The maximum atomic E-state index is 11.4. The molecule has 1 saturated heterocycles. The lowest BCUT2D eigenvalue weighted by Crippen LogP contribution is -2.46. The third kappa shape index (κ3) is 3.41. The van der Waals surface area contributed by atoms with Crippen LogP contribution in [0.3, 0.4) is 0 Å². The highest BCUT2D eigenvalue weighted by molar-refractivity contribution is 5.74. The van der Waals surface area contributed by atoms with Crippen molar-refractivity contribution < 1.29 is 14.3 Å². The molecule has 1 heterocycles. The first kappa shape index (κ1) is 12.3. The number of nitrogens with zero attached hydrogens (tertiary/aromatic N) is 1. The number of hydrogen-bond acceptors (Lipinski definition) is 4. The summed E-state index contributed by atoms with van der Waals surface area (Å²) in [6.45, 7) is 2.99. The molecular formula is C13H19NO3. The summed E-state index contributed by atoms with van der Waals surface area (Å²) in [4.78, 5) is 13.6. The van der Waals surface area contributed by atoms with E-state index in [9.17, 15) is 4.79 Å². The lowest BCUT2D eigenvalue weighted by atomic mass is 10.1. The summed E-state index contributed by atoms with van der Waals surface area (Å²) >= 11 is 0. The molecule has 4 heteroatoms. The van der Waals surface area contributed by atoms with Crippen LogP contribution >= 0.6 is 0 Å². The largest absolute Gasteiger partial charge is 0.467 e. The Morgan fingerprint density at radius 3 is 3.18 bits per heavy atom. The Kier molecular flexibility index (Phi) is 4.34. The van der Waals surface area contributed by atoms with E-state index in [0.717, 1.165) is 25.9 Å². The van der Waals surface area contributed by atoms with E-state index in [2.05, 4.69) is 23.1 Å². The summed E-state index contributed by atoms with van der Waals surface area (Å²) in [5.74, 6) is -0.275. The van der Waals surface area contributed by atoms with Gasteiger partial charge in [-0.25, -0.2) is 4.79 Å². The van der Waals surface area contributed by atoms with Gasteiger partial charge in [0.05, 0.1) is 13.7 Å². The van der Waals surface area contributed by atoms with Crippen LogP contribution in [0.2, 0.25) is 0 Å². The third-order valence-corrected chi connectivity index (χ3v) is 3.09. The van der Waals surface area contributed by atoms with Crippen molar-refractivity contribution in [1.82, 2.24) is 4.90 Å². The summed E-state index contributed by atoms with van der Waals surface area (Å²) in [5, 5.41) is 0. The van der Waals surface area contributed by atoms with Gasteiger partial charge >= 0.3 is 5.97 Å². The number of carbonyl (C=O) groups is 1. The first-order valence-electron chi connectivity index (χ1n) is 6.07. The van der Waals surface area contributed by atoms with Gasteiger partial charge in [0.25, 0.3) is 0 Å². The molecule has 0 spiro atoms. The molecular weight excluding hydrogens is 218 g/mol. The zero-order valence-electron chi connectivity index (χ0n) is 10.2. The number of ether oxygens (including phenoxy) is 2. The van der Waals surface area contributed by atoms with E-state index < -0.39 is 6.10 Å². The van der Waals surface area contributed by atoms with Gasteiger partial charge in [-0.2, -0.15) is 0 Å². The fourth-order valence-electron chi connectivity index (χ4n) is 2.16. The Labute approximate surface area is 102 Å². The van der Waals surface area contributed by atoms with Gasteiger partial charge in [0.15, 0.2) is 6.10 Å². The predicted octanol–water partition coefficient (Wildman–Crippen LogP) is 1.14. The molecule has 0 saturated carbocycles. The van der Waals surface area contributed by atoms with Gasteiger partial charge in [-0.1, -0.05) is 18.2 Å². The van der Waals surface area contributed by atoms with Gasteiger partial charge in [0.1, 0.15) is 0 Å². The molecule has 1 aliphatic heterocycles. The minimum Gasteiger partial charge on any atom is -0.467 e. The Bertz CT molecular complexity index is 336. The molecule has 94 valence electrons. The zero-order valence-corrected chi connectivity index (χ0v) is 10.2. The van der Waals surface area contributed by atoms with Crippen LogP contribution in [0.5, 0.6) is 0 Å². The van der Waals surface area contributed by atoms with Crippen LogP contribution in [0.4, 0.5) is 0 Å². The molecule has 0 N–H and O–H groups in total. The normalized spacial score (nSPS) is 25.5. The molecule has 0 aromatic rings. The predicted molar refractivity (Wildman–Crippen MR) is 64.7 cm³/mol. The van der Waals surface area contributed by atoms with Crippen molar-refractivity contribution in [2.75, 3.05) is 33.4 Å². The van der Waals surface area contributed by atoms with Gasteiger partial charge in [-0.15, -0.1) is 0 Å². The van der Waals surface area contributed by atoms with Crippen molar-refractivity contribution >= 4 is 5.97 Å². The van der Waals surface area contributed by atoms with E-state index in [0.29, 0.717) is 13.2 Å². The Balaban J connectivity index is 1.87. The smallest absolute Gasteiger partial charge is 0.336 e. The minimum atomic E-state index is -0.429. The molecule has 17 heavy (non-hydrogen) atoms. The number of rotatable bonds is 3. The summed E-state index contributed by atoms with van der Waals surface area (Å²) in [6.07, 6.45) is 8.47. The quantitative estimate of drug-likeness (QED) is 0.690. The fraction of sp³-hybridized carbons (Fsp3) is 0.615. The molecule has 2 rings (SSSR count). The first-order chi connectivity index (χ1) is 8.29. The van der Waals surface area contributed by atoms with Gasteiger partial charge in [0.2, 0.25) is 0 Å². The Morgan fingerprint density at radius 2 is 2.47 bits per heavy atom. The van der Waals surface area contributed by atoms with Gasteiger partial charge < -0.3 is 9.47 Å². The van der Waals surface area contributed by atoms with Crippen molar-refractivity contribution in [3.05, 3.63) is 23.8 Å². The summed E-state index contributed by atoms with van der Waals surface area (Å²) < 4.78 is 10.1. The topological polar surface area (TPSA) is 38.8 Å². The number of methoxy groups -OCH3 is 1. The van der Waals surface area contributed by atoms with Crippen LogP contribution in [0.1, 0.15) is 12.8 Å². The van der Waals surface area contributed by atoms with Gasteiger partial charge in [-0.3, -0.25) is 4.90 Å². The molecule has 0 aromatic carbocycles. The summed E-state index contributed by atoms with van der Waals surface area (Å²) in [6, 6.07) is 0. The lowest BCUT2D eigenvalue weighted by Gasteiger charge is -2.31. The highest BCUT2D eigenvalue weighted by Gasteiger charge is 2.27. The van der Waals surface area contributed by atoms with Crippen molar-refractivity contribution in [2.24, 2.45) is 0 Å². The first-order valence-corrected chi connectivity index (χ1v) is 6.07. The van der Waals surface area contributed by atoms with E-state index in [4.69, 9.17) is 9.47 Å². The van der Waals surface area contributed by atoms with Crippen LogP contribution in [0.25, 0.3) is 0 Å². The van der Waals surface area contributed by atoms with Crippen LogP contribution < -0.4 is 0 Å². The molecule has 4 nitrogen and oxygen atoms in total. The average molecular weight is 237 g/mol. The highest BCUT2D eigenvalue weighted by atomic mass is 16.6. The van der Waals surface area contributed by atoms with Crippen LogP contribution in [-0.2, 0) is 14.3 Å². The van der Waals surface area contributed by atoms with Crippen molar-refractivity contribution in [3.63, 3.8) is 0 Å². The van der Waals surface area contributed by atoms with E-state index >= 15 is 0 Å². The molecule has 2 aliphatic rings. The van der Waals surface area contributed by atoms with Gasteiger partial charge in [-0.05, 0) is 18.4 Å². The van der Waals surface area contributed by atoms with E-state index in [1.54, 1.807) is 0 Å². The lowest BCUT2D eigenvalue weighted by molar-refractivity contribution is -0.159. The number of allylic oxidation sites excluding steroid dienone is 2. The van der Waals surface area contributed by atoms with Crippen molar-refractivity contribution in [2.45, 2.75) is 18.9 Å². The van der Waals surface area contributed by atoms with Crippen molar-refractivity contribution in [3.8, 4) is 0 Å². The van der Waals surface area contributed by atoms with Crippen molar-refractivity contribution in [1.29, 1.82) is 0 Å². The maximum absolute atomic E-state index is 11.4. The van der Waals surface area contributed by atoms with Crippen LogP contribution in [0, 0.1) is 0 Å². The molecule has 1 atom stereocenters. The van der Waals surface area contributed by atoms with Crippen LogP contribution in [0.15, 0.2) is 23.8 Å². The van der Waals surface area contributed by atoms with Gasteiger partial charge in [0, 0.05) is 19.6 Å². The maximum Gasteiger partial charge on any atom is 0.336 e. The number of esters is 1. The molecule has 0 amide bonds. The number of hydrogen-bond donors (Lipinski definition) is 0. The van der Waals surface area contributed by atoms with E-state index in [1.807, 2.05) is 0 Å². The second kappa shape index (κ2) is 5.98. The molecule has 0 aromatic heterocycles. The minimum absolute atomic E-state index is 0.275. The molecule has 1 aliphatic carbocycles. The monoisotopic (exact) mass is 237 g/mol. The second-order valence-electron chi connectivity index (χ2n) is 4.38. The number of morpholine rings is 1.